The Kier molecular flexibility index (Phi) is 4.84. The van der Waals surface area contributed by atoms with Crippen LogP contribution in [0.5, 0.6) is 0 Å². The molecule has 1 amide bonds. The van der Waals surface area contributed by atoms with Gasteiger partial charge in [0.25, 0.3) is 0 Å². The van der Waals surface area contributed by atoms with Crippen LogP contribution in [0.15, 0.2) is 24.3 Å². The Morgan fingerprint density at radius 1 is 1.30 bits per heavy atom. The summed E-state index contributed by atoms with van der Waals surface area (Å²) < 4.78 is 26.9. The Morgan fingerprint density at radius 3 is 2.50 bits per heavy atom. The first-order valence-electron chi connectivity index (χ1n) is 6.69. The van der Waals surface area contributed by atoms with E-state index < -0.39 is 11.6 Å². The number of carbonyl (C=O) groups excluding carboxylic acids is 1. The van der Waals surface area contributed by atoms with Crippen molar-refractivity contribution in [2.24, 2.45) is 0 Å². The number of hydrogen-bond acceptors (Lipinski definition) is 2. The highest BCUT2D eigenvalue weighted by atomic mass is 19.1. The van der Waals surface area contributed by atoms with Gasteiger partial charge in [-0.25, -0.2) is 8.78 Å². The lowest BCUT2D eigenvalue weighted by molar-refractivity contribution is -0.127. The molecular weight excluding hydrogens is 262 g/mol. The molecule has 0 saturated carbocycles. The topological polar surface area (TPSA) is 32.3 Å². The molecule has 1 aromatic carbocycles. The second-order valence-corrected chi connectivity index (χ2v) is 4.90. The summed E-state index contributed by atoms with van der Waals surface area (Å²) in [5.41, 5.74) is -0.181. The molecule has 3 nitrogen and oxygen atoms in total. The summed E-state index contributed by atoms with van der Waals surface area (Å²) in [4.78, 5) is 13.6. The molecule has 5 heteroatoms. The Morgan fingerprint density at radius 2 is 1.90 bits per heavy atom. The van der Waals surface area contributed by atoms with Crippen LogP contribution < -0.4 is 5.32 Å². The third-order valence-electron chi connectivity index (χ3n) is 3.60. The minimum absolute atomic E-state index is 0.180. The van der Waals surface area contributed by atoms with Crippen LogP contribution in [0.2, 0.25) is 0 Å². The molecule has 1 aromatic rings. The van der Waals surface area contributed by atoms with Crippen LogP contribution in [0.3, 0.4) is 0 Å². The molecule has 1 aliphatic rings. The highest BCUT2D eigenvalue weighted by Crippen LogP contribution is 2.15. The van der Waals surface area contributed by atoms with Gasteiger partial charge in [-0.05, 0) is 44.1 Å². The minimum Gasteiger partial charge on any atom is -0.339 e. The molecule has 1 aliphatic heterocycles. The fourth-order valence-corrected chi connectivity index (χ4v) is 2.32. The lowest BCUT2D eigenvalue weighted by Crippen LogP contribution is -2.43. The van der Waals surface area contributed by atoms with Gasteiger partial charge in [-0.3, -0.25) is 4.79 Å². The van der Waals surface area contributed by atoms with Crippen molar-refractivity contribution in [2.75, 3.05) is 20.1 Å². The lowest BCUT2D eigenvalue weighted by atomic mass is 10.1. The maximum absolute atomic E-state index is 13.4. The van der Waals surface area contributed by atoms with E-state index in [9.17, 15) is 13.6 Å². The maximum Gasteiger partial charge on any atom is 0.246 e. The van der Waals surface area contributed by atoms with E-state index in [0.29, 0.717) is 0 Å². The molecule has 2 rings (SSSR count). The van der Waals surface area contributed by atoms with Gasteiger partial charge < -0.3 is 10.2 Å². The van der Waals surface area contributed by atoms with Crippen molar-refractivity contribution in [3.63, 3.8) is 0 Å². The molecule has 1 fully saturated rings. The van der Waals surface area contributed by atoms with Gasteiger partial charge >= 0.3 is 0 Å². The highest BCUT2D eigenvalue weighted by Gasteiger charge is 2.20. The van der Waals surface area contributed by atoms with Crippen LogP contribution in [0, 0.1) is 11.6 Å². The summed E-state index contributed by atoms with van der Waals surface area (Å²) in [6.45, 7) is 1.77. The summed E-state index contributed by atoms with van der Waals surface area (Å²) >= 11 is 0. The summed E-state index contributed by atoms with van der Waals surface area (Å²) in [5.74, 6) is -1.57. The molecule has 0 radical (unpaired) electrons. The van der Waals surface area contributed by atoms with E-state index >= 15 is 0 Å². The van der Waals surface area contributed by atoms with Gasteiger partial charge in [-0.2, -0.15) is 0 Å². The first-order chi connectivity index (χ1) is 9.59. The summed E-state index contributed by atoms with van der Waals surface area (Å²) in [7, 11) is 1.72. The maximum atomic E-state index is 13.4. The van der Waals surface area contributed by atoms with Crippen LogP contribution in [0.1, 0.15) is 18.4 Å². The highest BCUT2D eigenvalue weighted by molar-refractivity contribution is 5.91. The predicted molar refractivity (Wildman–Crippen MR) is 74.1 cm³/mol. The standard InChI is InChI=1S/C15H18F2N2O/c1-19(11-7-9-18-10-8-11)15(20)6-5-12-13(16)3-2-4-14(12)17/h2-6,11,18H,7-10H2,1H3/b6-5+. The molecule has 1 N–H and O–H groups in total. The van der Waals surface area contributed by atoms with E-state index in [0.717, 1.165) is 25.9 Å². The number of piperidine rings is 1. The Hall–Kier alpha value is -1.75. The Labute approximate surface area is 117 Å². The van der Waals surface area contributed by atoms with Crippen LogP contribution >= 0.6 is 0 Å². The van der Waals surface area contributed by atoms with Gasteiger partial charge in [-0.1, -0.05) is 6.07 Å². The van der Waals surface area contributed by atoms with Crippen molar-refractivity contribution in [1.29, 1.82) is 0 Å². The zero-order chi connectivity index (χ0) is 14.5. The summed E-state index contributed by atoms with van der Waals surface area (Å²) in [5, 5.41) is 3.23. The monoisotopic (exact) mass is 280 g/mol. The van der Waals surface area contributed by atoms with E-state index in [1.54, 1.807) is 11.9 Å². The molecule has 0 unspecified atom stereocenters. The van der Waals surface area contributed by atoms with Crippen LogP contribution in [0.4, 0.5) is 8.78 Å². The molecule has 0 aromatic heterocycles. The number of nitrogens with one attached hydrogen (secondary N) is 1. The number of benzene rings is 1. The third kappa shape index (κ3) is 3.42. The number of carbonyl (C=O) groups is 1. The molecular formula is C15H18F2N2O. The number of rotatable bonds is 3. The quantitative estimate of drug-likeness (QED) is 0.861. The van der Waals surface area contributed by atoms with E-state index in [1.807, 2.05) is 0 Å². The second-order valence-electron chi connectivity index (χ2n) is 4.90. The van der Waals surface area contributed by atoms with Crippen LogP contribution in [0.25, 0.3) is 6.08 Å². The molecule has 0 spiro atoms. The minimum atomic E-state index is -0.668. The Bertz CT molecular complexity index is 490. The van der Waals surface area contributed by atoms with Crippen molar-refractivity contribution in [3.8, 4) is 0 Å². The number of nitrogens with zero attached hydrogens (tertiary/aromatic N) is 1. The van der Waals surface area contributed by atoms with Gasteiger partial charge in [0.05, 0.1) is 0 Å². The third-order valence-corrected chi connectivity index (χ3v) is 3.60. The molecule has 108 valence electrons. The first kappa shape index (κ1) is 14.7. The largest absolute Gasteiger partial charge is 0.339 e. The van der Waals surface area contributed by atoms with Crippen molar-refractivity contribution in [2.45, 2.75) is 18.9 Å². The van der Waals surface area contributed by atoms with Crippen LogP contribution in [-0.4, -0.2) is 37.0 Å². The van der Waals surface area contributed by atoms with Crippen LogP contribution in [-0.2, 0) is 4.79 Å². The fraction of sp³-hybridized carbons (Fsp3) is 0.400. The average Bonchev–Trinajstić information content (AvgIpc) is 2.46. The zero-order valence-electron chi connectivity index (χ0n) is 11.4. The smallest absolute Gasteiger partial charge is 0.246 e. The zero-order valence-corrected chi connectivity index (χ0v) is 11.4. The SMILES string of the molecule is CN(C(=O)/C=C/c1c(F)cccc1F)C1CCNCC1. The molecule has 0 atom stereocenters. The van der Waals surface area contributed by atoms with Crippen molar-refractivity contribution < 1.29 is 13.6 Å². The van der Waals surface area contributed by atoms with E-state index in [2.05, 4.69) is 5.32 Å². The molecule has 0 aliphatic carbocycles. The molecule has 20 heavy (non-hydrogen) atoms. The number of halogens is 2. The number of amides is 1. The van der Waals surface area contributed by atoms with Crippen molar-refractivity contribution in [1.82, 2.24) is 10.2 Å². The van der Waals surface area contributed by atoms with Gasteiger partial charge in [0, 0.05) is 24.7 Å². The number of hydrogen-bond donors (Lipinski definition) is 1. The Balaban J connectivity index is 2.05. The van der Waals surface area contributed by atoms with Gasteiger partial charge in [0.1, 0.15) is 11.6 Å². The van der Waals surface area contributed by atoms with E-state index in [-0.39, 0.29) is 17.5 Å². The number of likely N-dealkylation sites (N-methyl/N-ethyl adjacent to an activating group) is 1. The van der Waals surface area contributed by atoms with Crippen molar-refractivity contribution in [3.05, 3.63) is 41.5 Å². The van der Waals surface area contributed by atoms with Gasteiger partial charge in [0.2, 0.25) is 5.91 Å². The molecule has 1 saturated heterocycles. The first-order valence-corrected chi connectivity index (χ1v) is 6.69. The van der Waals surface area contributed by atoms with Gasteiger partial charge in [0.15, 0.2) is 0 Å². The van der Waals surface area contributed by atoms with Crippen molar-refractivity contribution >= 4 is 12.0 Å². The summed E-state index contributed by atoms with van der Waals surface area (Å²) in [6, 6.07) is 3.82. The van der Waals surface area contributed by atoms with Gasteiger partial charge in [-0.15, -0.1) is 0 Å². The average molecular weight is 280 g/mol. The van der Waals surface area contributed by atoms with E-state index in [1.165, 1.54) is 30.4 Å². The predicted octanol–water partition coefficient (Wildman–Crippen LogP) is 2.19. The second kappa shape index (κ2) is 6.61. The normalized spacial score (nSPS) is 16.6. The fourth-order valence-electron chi connectivity index (χ4n) is 2.32. The molecule has 1 heterocycles. The summed E-state index contributed by atoms with van der Waals surface area (Å²) in [6.07, 6.45) is 4.21. The molecule has 0 bridgehead atoms. The lowest BCUT2D eigenvalue weighted by Gasteiger charge is -2.30. The van der Waals surface area contributed by atoms with E-state index in [4.69, 9.17) is 0 Å².